The van der Waals surface area contributed by atoms with Crippen molar-refractivity contribution in [2.75, 3.05) is 20.2 Å². The molecule has 4 heteroatoms. The lowest BCUT2D eigenvalue weighted by molar-refractivity contribution is 0.0587. The summed E-state index contributed by atoms with van der Waals surface area (Å²) in [7, 11) is 1.86. The van der Waals surface area contributed by atoms with E-state index in [-0.39, 0.29) is 12.0 Å². The maximum absolute atomic E-state index is 12.2. The number of rotatable bonds is 3. The van der Waals surface area contributed by atoms with E-state index in [9.17, 15) is 4.79 Å². The quantitative estimate of drug-likeness (QED) is 0.828. The summed E-state index contributed by atoms with van der Waals surface area (Å²) < 4.78 is 5.55. The predicted octanol–water partition coefficient (Wildman–Crippen LogP) is 2.62. The molecule has 0 spiro atoms. The normalized spacial score (nSPS) is 19.6. The molecule has 2 rings (SSSR count). The molecule has 0 bridgehead atoms. The molecule has 94 valence electrons. The van der Waals surface area contributed by atoms with Crippen molar-refractivity contribution in [1.82, 2.24) is 4.90 Å². The van der Waals surface area contributed by atoms with Gasteiger partial charge in [-0.1, -0.05) is 0 Å². The molecular formula is C13H19NO2S. The Morgan fingerprint density at radius 2 is 2.35 bits per heavy atom. The number of hydrogen-bond acceptors (Lipinski definition) is 3. The molecular weight excluding hydrogens is 234 g/mol. The molecule has 0 radical (unpaired) electrons. The summed E-state index contributed by atoms with van der Waals surface area (Å²) in [5.41, 5.74) is 0.841. The molecule has 1 aromatic heterocycles. The van der Waals surface area contributed by atoms with Gasteiger partial charge in [0.2, 0.25) is 0 Å². The van der Waals surface area contributed by atoms with Crippen LogP contribution in [-0.2, 0) is 4.74 Å². The van der Waals surface area contributed by atoms with Gasteiger partial charge >= 0.3 is 0 Å². The van der Waals surface area contributed by atoms with Gasteiger partial charge in [0, 0.05) is 30.0 Å². The van der Waals surface area contributed by atoms with Gasteiger partial charge in [-0.25, -0.2) is 0 Å². The number of ether oxygens (including phenoxy) is 1. The second kappa shape index (κ2) is 5.19. The summed E-state index contributed by atoms with van der Waals surface area (Å²) in [6, 6.07) is 1.98. The average Bonchev–Trinajstić information content (AvgIpc) is 2.87. The smallest absolute Gasteiger partial charge is 0.254 e. The second-order valence-corrected chi connectivity index (χ2v) is 6.11. The van der Waals surface area contributed by atoms with E-state index in [4.69, 9.17) is 4.74 Å². The Morgan fingerprint density at radius 3 is 2.88 bits per heavy atom. The van der Waals surface area contributed by atoms with Crippen LogP contribution >= 0.6 is 11.3 Å². The molecule has 0 saturated carbocycles. The van der Waals surface area contributed by atoms with Gasteiger partial charge in [0.15, 0.2) is 0 Å². The first-order valence-corrected chi connectivity index (χ1v) is 6.83. The number of nitrogens with zero attached hydrogens (tertiary/aromatic N) is 1. The highest BCUT2D eigenvalue weighted by Crippen LogP contribution is 2.22. The van der Waals surface area contributed by atoms with E-state index in [1.807, 2.05) is 27.0 Å². The van der Waals surface area contributed by atoms with E-state index in [1.165, 1.54) is 4.88 Å². The zero-order valence-electron chi connectivity index (χ0n) is 10.7. The molecule has 1 fully saturated rings. The first-order valence-electron chi connectivity index (χ1n) is 6.02. The minimum absolute atomic E-state index is 0.113. The fourth-order valence-electron chi connectivity index (χ4n) is 2.23. The van der Waals surface area contributed by atoms with Crippen LogP contribution in [0.2, 0.25) is 0 Å². The number of likely N-dealkylation sites (N-methyl/N-ethyl adjacent to an activating group) is 1. The van der Waals surface area contributed by atoms with Crippen LogP contribution in [0.1, 0.15) is 33.0 Å². The standard InChI is InChI=1S/C13H19NO2S/c1-9-7-12(10(2)17-9)13(15)14(3)8-11-5-4-6-16-11/h7,11H,4-6,8H2,1-3H3. The number of carbonyl (C=O) groups excluding carboxylic acids is 1. The monoisotopic (exact) mass is 253 g/mol. The summed E-state index contributed by atoms with van der Waals surface area (Å²) in [5, 5.41) is 0. The highest BCUT2D eigenvalue weighted by Gasteiger charge is 2.22. The Balaban J connectivity index is 2.01. The lowest BCUT2D eigenvalue weighted by Crippen LogP contribution is -2.34. The van der Waals surface area contributed by atoms with Crippen LogP contribution in [0.5, 0.6) is 0 Å². The zero-order chi connectivity index (χ0) is 12.4. The highest BCUT2D eigenvalue weighted by atomic mass is 32.1. The number of amides is 1. The maximum atomic E-state index is 12.2. The molecule has 0 N–H and O–H groups in total. The summed E-state index contributed by atoms with van der Waals surface area (Å²) in [6.07, 6.45) is 2.41. The van der Waals surface area contributed by atoms with E-state index in [2.05, 4.69) is 0 Å². The van der Waals surface area contributed by atoms with E-state index in [0.717, 1.165) is 29.9 Å². The number of thiophene rings is 1. The minimum atomic E-state index is 0.113. The van der Waals surface area contributed by atoms with Crippen LogP contribution in [0.25, 0.3) is 0 Å². The van der Waals surface area contributed by atoms with E-state index in [0.29, 0.717) is 6.54 Å². The zero-order valence-corrected chi connectivity index (χ0v) is 11.5. The van der Waals surface area contributed by atoms with Crippen molar-refractivity contribution in [2.45, 2.75) is 32.8 Å². The molecule has 2 heterocycles. The largest absolute Gasteiger partial charge is 0.376 e. The lowest BCUT2D eigenvalue weighted by Gasteiger charge is -2.20. The number of hydrogen-bond donors (Lipinski definition) is 0. The van der Waals surface area contributed by atoms with Crippen molar-refractivity contribution < 1.29 is 9.53 Å². The van der Waals surface area contributed by atoms with Crippen LogP contribution in [-0.4, -0.2) is 37.1 Å². The Hall–Kier alpha value is -0.870. The van der Waals surface area contributed by atoms with Crippen LogP contribution in [0, 0.1) is 13.8 Å². The summed E-state index contributed by atoms with van der Waals surface area (Å²) in [6.45, 7) is 5.58. The number of carbonyl (C=O) groups is 1. The third kappa shape index (κ3) is 2.87. The third-order valence-corrected chi connectivity index (χ3v) is 4.09. The predicted molar refractivity (Wildman–Crippen MR) is 69.7 cm³/mol. The van der Waals surface area contributed by atoms with Crippen LogP contribution in [0.15, 0.2) is 6.07 Å². The van der Waals surface area contributed by atoms with Gasteiger partial charge in [-0.3, -0.25) is 4.79 Å². The summed E-state index contributed by atoms with van der Waals surface area (Å²) >= 11 is 1.68. The van der Waals surface area contributed by atoms with Crippen molar-refractivity contribution in [3.05, 3.63) is 21.4 Å². The molecule has 1 atom stereocenters. The molecule has 1 unspecified atom stereocenters. The van der Waals surface area contributed by atoms with E-state index in [1.54, 1.807) is 16.2 Å². The lowest BCUT2D eigenvalue weighted by atomic mass is 10.2. The molecule has 1 aliphatic rings. The molecule has 17 heavy (non-hydrogen) atoms. The van der Waals surface area contributed by atoms with Crippen LogP contribution in [0.4, 0.5) is 0 Å². The van der Waals surface area contributed by atoms with Gasteiger partial charge in [-0.15, -0.1) is 11.3 Å². The minimum Gasteiger partial charge on any atom is -0.376 e. The third-order valence-electron chi connectivity index (χ3n) is 3.12. The first kappa shape index (κ1) is 12.6. The van der Waals surface area contributed by atoms with Crippen molar-refractivity contribution >= 4 is 17.2 Å². The van der Waals surface area contributed by atoms with Crippen molar-refractivity contribution in [3.63, 3.8) is 0 Å². The fourth-order valence-corrected chi connectivity index (χ4v) is 3.14. The highest BCUT2D eigenvalue weighted by molar-refractivity contribution is 7.12. The maximum Gasteiger partial charge on any atom is 0.254 e. The molecule has 1 saturated heterocycles. The molecule has 1 aliphatic heterocycles. The van der Waals surface area contributed by atoms with Crippen LogP contribution in [0.3, 0.4) is 0 Å². The van der Waals surface area contributed by atoms with Crippen molar-refractivity contribution in [2.24, 2.45) is 0 Å². The van der Waals surface area contributed by atoms with Crippen LogP contribution < -0.4 is 0 Å². The van der Waals surface area contributed by atoms with Crippen molar-refractivity contribution in [3.8, 4) is 0 Å². The van der Waals surface area contributed by atoms with Gasteiger partial charge in [0.25, 0.3) is 5.91 Å². The van der Waals surface area contributed by atoms with Gasteiger partial charge in [0.1, 0.15) is 0 Å². The second-order valence-electron chi connectivity index (χ2n) is 4.65. The van der Waals surface area contributed by atoms with Gasteiger partial charge in [-0.05, 0) is 32.8 Å². The molecule has 3 nitrogen and oxygen atoms in total. The van der Waals surface area contributed by atoms with Gasteiger partial charge in [-0.2, -0.15) is 0 Å². The number of aryl methyl sites for hydroxylation is 2. The Kier molecular flexibility index (Phi) is 3.84. The molecule has 1 aromatic rings. The first-order chi connectivity index (χ1) is 8.08. The van der Waals surface area contributed by atoms with Crippen molar-refractivity contribution in [1.29, 1.82) is 0 Å². The Bertz CT molecular complexity index is 408. The fraction of sp³-hybridized carbons (Fsp3) is 0.615. The SMILES string of the molecule is Cc1cc(C(=O)N(C)CC2CCCO2)c(C)s1. The average molecular weight is 253 g/mol. The Labute approximate surface area is 106 Å². The molecule has 0 aromatic carbocycles. The summed E-state index contributed by atoms with van der Waals surface area (Å²) in [4.78, 5) is 16.3. The van der Waals surface area contributed by atoms with E-state index >= 15 is 0 Å². The summed E-state index contributed by atoms with van der Waals surface area (Å²) in [5.74, 6) is 0.113. The van der Waals surface area contributed by atoms with Gasteiger partial charge < -0.3 is 9.64 Å². The van der Waals surface area contributed by atoms with Gasteiger partial charge in [0.05, 0.1) is 11.7 Å². The van der Waals surface area contributed by atoms with E-state index < -0.39 is 0 Å². The Morgan fingerprint density at radius 1 is 1.59 bits per heavy atom. The topological polar surface area (TPSA) is 29.5 Å². The molecule has 1 amide bonds. The molecule has 0 aliphatic carbocycles.